The molecule has 0 aliphatic rings. The molecule has 0 bridgehead atoms. The normalized spacial score (nSPS) is 11.1. The Labute approximate surface area is 115 Å². The van der Waals surface area contributed by atoms with Crippen LogP contribution in [0.5, 0.6) is 0 Å². The molecule has 0 unspecified atom stereocenters. The van der Waals surface area contributed by atoms with Crippen LogP contribution in [0.1, 0.15) is 25.0 Å². The predicted octanol–water partition coefficient (Wildman–Crippen LogP) is 2.43. The molecule has 0 fully saturated rings. The highest BCUT2D eigenvalue weighted by Gasteiger charge is 2.09. The van der Waals surface area contributed by atoms with Crippen molar-refractivity contribution in [3.8, 4) is 0 Å². The van der Waals surface area contributed by atoms with Gasteiger partial charge in [-0.15, -0.1) is 0 Å². The Bertz CT molecular complexity index is 510. The SMILES string of the molecule is Cc1cc(N(C)CCCCCBr)n2ncnc2n1. The zero-order chi connectivity index (χ0) is 13.0. The second-order valence-electron chi connectivity index (χ2n) is 4.40. The molecule has 0 aromatic carbocycles. The van der Waals surface area contributed by atoms with E-state index in [1.165, 1.54) is 19.3 Å². The third-order valence-electron chi connectivity index (χ3n) is 2.88. The van der Waals surface area contributed by atoms with Gasteiger partial charge in [-0.3, -0.25) is 0 Å². The van der Waals surface area contributed by atoms with Crippen molar-refractivity contribution in [3.63, 3.8) is 0 Å². The Morgan fingerprint density at radius 1 is 1.33 bits per heavy atom. The number of hydrogen-bond acceptors (Lipinski definition) is 4. The van der Waals surface area contributed by atoms with Crippen LogP contribution >= 0.6 is 15.9 Å². The van der Waals surface area contributed by atoms with Crippen LogP contribution in [0.4, 0.5) is 5.82 Å². The summed E-state index contributed by atoms with van der Waals surface area (Å²) in [6, 6.07) is 2.05. The van der Waals surface area contributed by atoms with Crippen LogP contribution in [-0.4, -0.2) is 38.5 Å². The smallest absolute Gasteiger partial charge is 0.254 e. The quantitative estimate of drug-likeness (QED) is 0.607. The van der Waals surface area contributed by atoms with Crippen molar-refractivity contribution >= 4 is 27.5 Å². The van der Waals surface area contributed by atoms with E-state index >= 15 is 0 Å². The fourth-order valence-corrected chi connectivity index (χ4v) is 2.31. The summed E-state index contributed by atoms with van der Waals surface area (Å²) in [7, 11) is 2.09. The van der Waals surface area contributed by atoms with E-state index in [9.17, 15) is 0 Å². The molecule has 0 saturated heterocycles. The largest absolute Gasteiger partial charge is 0.359 e. The monoisotopic (exact) mass is 311 g/mol. The van der Waals surface area contributed by atoms with Gasteiger partial charge in [0.25, 0.3) is 5.78 Å². The Hall–Kier alpha value is -1.17. The third-order valence-corrected chi connectivity index (χ3v) is 3.44. The van der Waals surface area contributed by atoms with Gasteiger partial charge in [0.05, 0.1) is 0 Å². The van der Waals surface area contributed by atoms with Gasteiger partial charge >= 0.3 is 0 Å². The number of alkyl halides is 1. The Balaban J connectivity index is 2.11. The van der Waals surface area contributed by atoms with Crippen molar-refractivity contribution in [1.82, 2.24) is 19.6 Å². The molecule has 0 amide bonds. The van der Waals surface area contributed by atoms with E-state index in [1.54, 1.807) is 10.8 Å². The summed E-state index contributed by atoms with van der Waals surface area (Å²) in [5.74, 6) is 1.71. The van der Waals surface area contributed by atoms with E-state index in [1.807, 2.05) is 13.0 Å². The zero-order valence-corrected chi connectivity index (χ0v) is 12.4. The summed E-state index contributed by atoms with van der Waals surface area (Å²) in [5, 5.41) is 5.30. The molecule has 0 aliphatic heterocycles. The topological polar surface area (TPSA) is 46.3 Å². The molecular formula is C12H18BrN5. The minimum atomic E-state index is 0.664. The van der Waals surface area contributed by atoms with Crippen LogP contribution in [0.2, 0.25) is 0 Å². The van der Waals surface area contributed by atoms with Gasteiger partial charge in [0.1, 0.15) is 12.1 Å². The highest BCUT2D eigenvalue weighted by molar-refractivity contribution is 9.09. The maximum atomic E-state index is 4.34. The second kappa shape index (κ2) is 6.13. The molecular weight excluding hydrogens is 294 g/mol. The Morgan fingerprint density at radius 3 is 2.94 bits per heavy atom. The summed E-state index contributed by atoms with van der Waals surface area (Å²) >= 11 is 3.45. The lowest BCUT2D eigenvalue weighted by molar-refractivity contribution is 0.699. The molecule has 2 aromatic rings. The maximum Gasteiger partial charge on any atom is 0.254 e. The predicted molar refractivity (Wildman–Crippen MR) is 76.4 cm³/mol. The lowest BCUT2D eigenvalue weighted by Crippen LogP contribution is -2.22. The summed E-state index contributed by atoms with van der Waals surface area (Å²) < 4.78 is 1.79. The zero-order valence-electron chi connectivity index (χ0n) is 10.8. The van der Waals surface area contributed by atoms with Gasteiger partial charge in [-0.1, -0.05) is 22.4 Å². The molecule has 5 nitrogen and oxygen atoms in total. The molecule has 0 N–H and O–H groups in total. The minimum absolute atomic E-state index is 0.664. The van der Waals surface area contributed by atoms with Crippen LogP contribution in [0.3, 0.4) is 0 Å². The molecule has 2 aromatic heterocycles. The van der Waals surface area contributed by atoms with E-state index in [4.69, 9.17) is 0 Å². The first-order valence-corrected chi connectivity index (χ1v) is 7.29. The molecule has 6 heteroatoms. The van der Waals surface area contributed by atoms with Crippen LogP contribution in [0, 0.1) is 6.92 Å². The van der Waals surface area contributed by atoms with Crippen molar-refractivity contribution in [2.24, 2.45) is 0 Å². The standard InChI is InChI=1S/C12H18BrN5/c1-10-8-11(17(2)7-5-3-4-6-13)18-12(16-10)14-9-15-18/h8-9H,3-7H2,1-2H3. The van der Waals surface area contributed by atoms with Crippen molar-refractivity contribution in [2.75, 3.05) is 23.8 Å². The highest BCUT2D eigenvalue weighted by Crippen LogP contribution is 2.15. The number of unbranched alkanes of at least 4 members (excludes halogenated alkanes) is 2. The van der Waals surface area contributed by atoms with Crippen LogP contribution < -0.4 is 4.90 Å². The number of hydrogen-bond donors (Lipinski definition) is 0. The van der Waals surface area contributed by atoms with E-state index < -0.39 is 0 Å². The molecule has 98 valence electrons. The van der Waals surface area contributed by atoms with Crippen LogP contribution in [0.15, 0.2) is 12.4 Å². The molecule has 2 rings (SSSR count). The molecule has 0 saturated carbocycles. The maximum absolute atomic E-state index is 4.34. The molecule has 0 spiro atoms. The van der Waals surface area contributed by atoms with E-state index in [-0.39, 0.29) is 0 Å². The number of fused-ring (bicyclic) bond motifs is 1. The molecule has 0 aliphatic carbocycles. The lowest BCUT2D eigenvalue weighted by Gasteiger charge is -2.19. The minimum Gasteiger partial charge on any atom is -0.359 e. The highest BCUT2D eigenvalue weighted by atomic mass is 79.9. The van der Waals surface area contributed by atoms with E-state index in [0.717, 1.165) is 23.4 Å². The van der Waals surface area contributed by atoms with Gasteiger partial charge in [0.15, 0.2) is 0 Å². The Morgan fingerprint density at radius 2 is 2.17 bits per heavy atom. The van der Waals surface area contributed by atoms with Crippen molar-refractivity contribution in [1.29, 1.82) is 0 Å². The van der Waals surface area contributed by atoms with Gasteiger partial charge in [-0.2, -0.15) is 14.6 Å². The van der Waals surface area contributed by atoms with E-state index in [2.05, 4.69) is 42.9 Å². The van der Waals surface area contributed by atoms with E-state index in [0.29, 0.717) is 5.78 Å². The van der Waals surface area contributed by atoms with Gasteiger partial charge in [-0.05, 0) is 19.8 Å². The fraction of sp³-hybridized carbons (Fsp3) is 0.583. The molecule has 0 atom stereocenters. The Kier molecular flexibility index (Phi) is 4.52. The van der Waals surface area contributed by atoms with Crippen molar-refractivity contribution < 1.29 is 0 Å². The van der Waals surface area contributed by atoms with Gasteiger partial charge in [0.2, 0.25) is 0 Å². The summed E-state index contributed by atoms with van der Waals surface area (Å²) in [6.45, 7) is 3.00. The second-order valence-corrected chi connectivity index (χ2v) is 5.19. The van der Waals surface area contributed by atoms with Crippen molar-refractivity contribution in [2.45, 2.75) is 26.2 Å². The molecule has 2 heterocycles. The van der Waals surface area contributed by atoms with Gasteiger partial charge in [-0.25, -0.2) is 4.98 Å². The average molecular weight is 312 g/mol. The molecule has 18 heavy (non-hydrogen) atoms. The number of aryl methyl sites for hydroxylation is 1. The first kappa shape index (κ1) is 13.3. The molecule has 0 radical (unpaired) electrons. The van der Waals surface area contributed by atoms with Crippen LogP contribution in [-0.2, 0) is 0 Å². The number of halogens is 1. The third kappa shape index (κ3) is 2.98. The first-order valence-electron chi connectivity index (χ1n) is 6.17. The van der Waals surface area contributed by atoms with Gasteiger partial charge < -0.3 is 4.90 Å². The number of aromatic nitrogens is 4. The van der Waals surface area contributed by atoms with Crippen molar-refractivity contribution in [3.05, 3.63) is 18.1 Å². The lowest BCUT2D eigenvalue weighted by atomic mass is 10.2. The number of rotatable bonds is 6. The first-order chi connectivity index (χ1) is 8.72. The fourth-order valence-electron chi connectivity index (χ4n) is 1.92. The average Bonchev–Trinajstić information content (AvgIpc) is 2.81. The summed E-state index contributed by atoms with van der Waals surface area (Å²) in [6.07, 6.45) is 5.19. The van der Waals surface area contributed by atoms with Crippen LogP contribution in [0.25, 0.3) is 5.78 Å². The summed E-state index contributed by atoms with van der Waals surface area (Å²) in [4.78, 5) is 10.7. The number of anilines is 1. The summed E-state index contributed by atoms with van der Waals surface area (Å²) in [5.41, 5.74) is 0.970. The van der Waals surface area contributed by atoms with Gasteiger partial charge in [0, 0.05) is 30.7 Å². The number of nitrogens with zero attached hydrogens (tertiary/aromatic N) is 5.